The van der Waals surface area contributed by atoms with Crippen molar-refractivity contribution >= 4 is 17.9 Å². The van der Waals surface area contributed by atoms with Crippen LogP contribution >= 0.6 is 0 Å². The summed E-state index contributed by atoms with van der Waals surface area (Å²) in [7, 11) is 0. The van der Waals surface area contributed by atoms with E-state index in [1.54, 1.807) is 26.0 Å². The smallest absolute Gasteiger partial charge is 0.338 e. The molecule has 0 N–H and O–H groups in total. The number of fused-ring (bicyclic) bond motifs is 1. The molecule has 0 aromatic heterocycles. The van der Waals surface area contributed by atoms with Gasteiger partial charge in [-0.15, -0.1) is 0 Å². The van der Waals surface area contributed by atoms with Gasteiger partial charge in [-0.3, -0.25) is 4.79 Å². The van der Waals surface area contributed by atoms with Crippen LogP contribution in [0.2, 0.25) is 0 Å². The number of esters is 3. The Morgan fingerprint density at radius 2 is 1.68 bits per heavy atom. The van der Waals surface area contributed by atoms with Gasteiger partial charge < -0.3 is 14.2 Å². The Hall–Kier alpha value is -4.52. The fourth-order valence-corrected chi connectivity index (χ4v) is 4.48. The first kappa shape index (κ1) is 28.5. The zero-order valence-corrected chi connectivity index (χ0v) is 22.8. The van der Waals surface area contributed by atoms with E-state index in [0.29, 0.717) is 23.3 Å². The molecule has 0 heterocycles. The average Bonchev–Trinajstić information content (AvgIpc) is 3.34. The predicted molar refractivity (Wildman–Crippen MR) is 150 cm³/mol. The van der Waals surface area contributed by atoms with Crippen molar-refractivity contribution in [3.63, 3.8) is 0 Å². The minimum Gasteiger partial charge on any atom is -0.462 e. The van der Waals surface area contributed by atoms with Gasteiger partial charge in [0, 0.05) is 23.1 Å². The van der Waals surface area contributed by atoms with Gasteiger partial charge in [0.1, 0.15) is 5.82 Å². The molecule has 0 aliphatic heterocycles. The monoisotopic (exact) mass is 542 g/mol. The maximum absolute atomic E-state index is 15.4. The Morgan fingerprint density at radius 3 is 2.35 bits per heavy atom. The average molecular weight is 543 g/mol. The Balaban J connectivity index is 1.60. The molecule has 0 radical (unpaired) electrons. The Bertz CT molecular complexity index is 1500. The molecular formula is C33H31FO6. The first-order valence-corrected chi connectivity index (χ1v) is 13.0. The molecule has 0 bridgehead atoms. The number of benzene rings is 3. The summed E-state index contributed by atoms with van der Waals surface area (Å²) in [6.45, 7) is 12.2. The van der Waals surface area contributed by atoms with Gasteiger partial charge in [-0.1, -0.05) is 63.4 Å². The Labute approximate surface area is 233 Å². The SMILES string of the molecule is C=CC(=O)OCC1CCc2cc(-c3ccc(-c4ccc(OC(=O)C(=C)C)c(OC(=O)C(C)C)c4)c(F)c3)ccc21. The van der Waals surface area contributed by atoms with Crippen LogP contribution in [0.25, 0.3) is 22.3 Å². The third-order valence-electron chi connectivity index (χ3n) is 6.73. The van der Waals surface area contributed by atoms with E-state index < -0.39 is 29.6 Å². The minimum atomic E-state index is -0.663. The van der Waals surface area contributed by atoms with E-state index in [1.807, 2.05) is 24.3 Å². The Morgan fingerprint density at radius 1 is 0.975 bits per heavy atom. The van der Waals surface area contributed by atoms with E-state index in [2.05, 4.69) is 13.2 Å². The molecule has 1 atom stereocenters. The van der Waals surface area contributed by atoms with Gasteiger partial charge in [0.15, 0.2) is 11.5 Å². The van der Waals surface area contributed by atoms with Crippen LogP contribution in [-0.2, 0) is 25.5 Å². The van der Waals surface area contributed by atoms with Crippen molar-refractivity contribution in [1.29, 1.82) is 0 Å². The van der Waals surface area contributed by atoms with Crippen LogP contribution in [0.15, 0.2) is 79.4 Å². The van der Waals surface area contributed by atoms with Crippen LogP contribution in [0, 0.1) is 11.7 Å². The molecule has 3 aromatic carbocycles. The van der Waals surface area contributed by atoms with E-state index in [4.69, 9.17) is 14.2 Å². The van der Waals surface area contributed by atoms with Crippen molar-refractivity contribution in [2.75, 3.05) is 6.61 Å². The van der Waals surface area contributed by atoms with Crippen molar-refractivity contribution in [1.82, 2.24) is 0 Å². The highest BCUT2D eigenvalue weighted by Crippen LogP contribution is 2.38. The highest BCUT2D eigenvalue weighted by Gasteiger charge is 2.24. The lowest BCUT2D eigenvalue weighted by Gasteiger charge is -2.14. The number of hydrogen-bond donors (Lipinski definition) is 0. The molecule has 4 rings (SSSR count). The molecule has 3 aromatic rings. The highest BCUT2D eigenvalue weighted by molar-refractivity contribution is 5.89. The van der Waals surface area contributed by atoms with Crippen LogP contribution in [0.3, 0.4) is 0 Å². The minimum absolute atomic E-state index is 0.0150. The number of carbonyl (C=O) groups excluding carboxylic acids is 3. The molecule has 206 valence electrons. The number of ether oxygens (including phenoxy) is 3. The number of hydrogen-bond acceptors (Lipinski definition) is 6. The summed E-state index contributed by atoms with van der Waals surface area (Å²) < 4.78 is 31.5. The van der Waals surface area contributed by atoms with Crippen LogP contribution in [0.5, 0.6) is 11.5 Å². The second-order valence-electron chi connectivity index (χ2n) is 10.1. The predicted octanol–water partition coefficient (Wildman–Crippen LogP) is 6.96. The maximum Gasteiger partial charge on any atom is 0.338 e. The molecule has 0 saturated carbocycles. The summed E-state index contributed by atoms with van der Waals surface area (Å²) in [5, 5.41) is 0. The zero-order chi connectivity index (χ0) is 29.0. The molecule has 0 fully saturated rings. The summed E-state index contributed by atoms with van der Waals surface area (Å²) in [6, 6.07) is 15.5. The van der Waals surface area contributed by atoms with Gasteiger partial charge in [0.25, 0.3) is 0 Å². The van der Waals surface area contributed by atoms with Gasteiger partial charge in [-0.25, -0.2) is 14.0 Å². The van der Waals surface area contributed by atoms with Crippen molar-refractivity contribution in [3.8, 4) is 33.8 Å². The topological polar surface area (TPSA) is 78.9 Å². The van der Waals surface area contributed by atoms with Crippen molar-refractivity contribution in [2.24, 2.45) is 5.92 Å². The van der Waals surface area contributed by atoms with E-state index in [-0.39, 0.29) is 23.0 Å². The fourth-order valence-electron chi connectivity index (χ4n) is 4.48. The van der Waals surface area contributed by atoms with Gasteiger partial charge in [-0.2, -0.15) is 0 Å². The molecule has 6 nitrogen and oxygen atoms in total. The fraction of sp³-hybridized carbons (Fsp3) is 0.242. The summed E-state index contributed by atoms with van der Waals surface area (Å²) in [5.41, 5.74) is 4.81. The first-order chi connectivity index (χ1) is 19.1. The van der Waals surface area contributed by atoms with Gasteiger partial charge in [-0.05, 0) is 65.8 Å². The molecule has 0 spiro atoms. The van der Waals surface area contributed by atoms with Crippen molar-refractivity contribution in [3.05, 3.63) is 96.3 Å². The van der Waals surface area contributed by atoms with Crippen molar-refractivity contribution in [2.45, 2.75) is 39.5 Å². The zero-order valence-electron chi connectivity index (χ0n) is 22.8. The van der Waals surface area contributed by atoms with Gasteiger partial charge in [0.05, 0.1) is 12.5 Å². The maximum atomic E-state index is 15.4. The second kappa shape index (κ2) is 12.1. The molecule has 0 amide bonds. The molecule has 1 aliphatic rings. The lowest BCUT2D eigenvalue weighted by Crippen LogP contribution is -2.16. The van der Waals surface area contributed by atoms with Crippen LogP contribution in [-0.4, -0.2) is 24.5 Å². The van der Waals surface area contributed by atoms with E-state index >= 15 is 4.39 Å². The molecular weight excluding hydrogens is 511 g/mol. The lowest BCUT2D eigenvalue weighted by atomic mass is 9.95. The summed E-state index contributed by atoms with van der Waals surface area (Å²) in [5.74, 6) is -2.31. The third kappa shape index (κ3) is 6.37. The molecule has 0 saturated heterocycles. The largest absolute Gasteiger partial charge is 0.462 e. The van der Waals surface area contributed by atoms with Gasteiger partial charge in [0.2, 0.25) is 0 Å². The van der Waals surface area contributed by atoms with Crippen LogP contribution in [0.1, 0.15) is 44.2 Å². The summed E-state index contributed by atoms with van der Waals surface area (Å²) in [6.07, 6.45) is 2.88. The summed E-state index contributed by atoms with van der Waals surface area (Å²) in [4.78, 5) is 35.8. The number of halogens is 1. The quantitative estimate of drug-likeness (QED) is 0.165. The number of rotatable bonds is 9. The molecule has 7 heteroatoms. The number of carbonyl (C=O) groups is 3. The molecule has 1 aliphatic carbocycles. The van der Waals surface area contributed by atoms with Crippen molar-refractivity contribution < 1.29 is 33.0 Å². The normalized spacial score (nSPS) is 13.9. The number of aryl methyl sites for hydroxylation is 1. The van der Waals surface area contributed by atoms with Crippen LogP contribution in [0.4, 0.5) is 4.39 Å². The van der Waals surface area contributed by atoms with E-state index in [0.717, 1.165) is 35.6 Å². The third-order valence-corrected chi connectivity index (χ3v) is 6.73. The Kier molecular flexibility index (Phi) is 8.63. The standard InChI is InChI=1S/C33H31FO6/c1-6-31(35)38-18-25-8-7-23-15-21(9-12-26(23)25)22-10-13-27(28(34)16-22)24-11-14-29(39-32(36)19(2)3)30(17-24)40-33(37)20(4)5/h6,9-17,20,25H,1-2,7-8,18H2,3-5H3. The molecule has 40 heavy (non-hydrogen) atoms. The van der Waals surface area contributed by atoms with Gasteiger partial charge >= 0.3 is 17.9 Å². The van der Waals surface area contributed by atoms with E-state index in [9.17, 15) is 14.4 Å². The summed E-state index contributed by atoms with van der Waals surface area (Å²) >= 11 is 0. The molecule has 1 unspecified atom stereocenters. The lowest BCUT2D eigenvalue weighted by molar-refractivity contribution is -0.139. The van der Waals surface area contributed by atoms with E-state index in [1.165, 1.54) is 25.1 Å². The second-order valence-corrected chi connectivity index (χ2v) is 10.1. The highest BCUT2D eigenvalue weighted by atomic mass is 19.1. The first-order valence-electron chi connectivity index (χ1n) is 13.0. The van der Waals surface area contributed by atoms with Crippen LogP contribution < -0.4 is 9.47 Å².